The van der Waals surface area contributed by atoms with Crippen LogP contribution in [0.5, 0.6) is 11.5 Å². The monoisotopic (exact) mass is 225 g/mol. The van der Waals surface area contributed by atoms with Crippen LogP contribution in [0.25, 0.3) is 0 Å². The fourth-order valence-corrected chi connectivity index (χ4v) is 1.08. The Hall–Kier alpha value is -2.11. The Balaban J connectivity index is 2.99. The molecule has 0 aromatic heterocycles. The Morgan fingerprint density at radius 2 is 2.19 bits per heavy atom. The average Bonchev–Trinajstić information content (AvgIpc) is 2.28. The molecule has 1 rings (SSSR count). The van der Waals surface area contributed by atoms with Crippen molar-refractivity contribution in [2.45, 2.75) is 13.3 Å². The van der Waals surface area contributed by atoms with E-state index in [9.17, 15) is 14.9 Å². The summed E-state index contributed by atoms with van der Waals surface area (Å²) in [5, 5.41) is 10.6. The first-order valence-electron chi connectivity index (χ1n) is 4.61. The normalized spacial score (nSPS) is 9.62. The molecule has 0 aliphatic rings. The Morgan fingerprint density at radius 1 is 1.50 bits per heavy atom. The van der Waals surface area contributed by atoms with Crippen LogP contribution in [0.15, 0.2) is 18.2 Å². The first-order chi connectivity index (χ1) is 7.58. The fraction of sp³-hybridized carbons (Fsp3) is 0.300. The van der Waals surface area contributed by atoms with E-state index < -0.39 is 10.9 Å². The molecule has 0 radical (unpaired) electrons. The summed E-state index contributed by atoms with van der Waals surface area (Å²) in [7, 11) is 1.31. The standard InChI is InChI=1S/C10H11NO5/c1-3-10(12)16-7-4-5-8(11(13)14)9(6-7)15-2/h4-6H,3H2,1-2H3. The smallest absolute Gasteiger partial charge is 0.311 e. The number of nitrogens with zero attached hydrogens (tertiary/aromatic N) is 1. The molecule has 6 heteroatoms. The highest BCUT2D eigenvalue weighted by Crippen LogP contribution is 2.30. The first-order valence-corrected chi connectivity index (χ1v) is 4.61. The molecule has 1 aromatic carbocycles. The number of methoxy groups -OCH3 is 1. The second-order valence-corrected chi connectivity index (χ2v) is 2.92. The third-order valence-corrected chi connectivity index (χ3v) is 1.87. The first kappa shape index (κ1) is 12.0. The van der Waals surface area contributed by atoms with Crippen LogP contribution in [-0.2, 0) is 4.79 Å². The highest BCUT2D eigenvalue weighted by Gasteiger charge is 2.15. The van der Waals surface area contributed by atoms with E-state index in [0.29, 0.717) is 0 Å². The van der Waals surface area contributed by atoms with Gasteiger partial charge in [0.15, 0.2) is 0 Å². The molecule has 0 saturated heterocycles. The Morgan fingerprint density at radius 3 is 2.69 bits per heavy atom. The number of benzene rings is 1. The van der Waals surface area contributed by atoms with Crippen molar-refractivity contribution < 1.29 is 19.2 Å². The largest absolute Gasteiger partial charge is 0.490 e. The zero-order valence-corrected chi connectivity index (χ0v) is 8.93. The van der Waals surface area contributed by atoms with Crippen molar-refractivity contribution in [3.8, 4) is 11.5 Å². The van der Waals surface area contributed by atoms with Crippen LogP contribution in [0.4, 0.5) is 5.69 Å². The summed E-state index contributed by atoms with van der Waals surface area (Å²) in [5.41, 5.74) is -0.168. The maximum Gasteiger partial charge on any atom is 0.311 e. The molecule has 0 aliphatic heterocycles. The fourth-order valence-electron chi connectivity index (χ4n) is 1.08. The van der Waals surface area contributed by atoms with Gasteiger partial charge in [-0.1, -0.05) is 6.92 Å². The second-order valence-electron chi connectivity index (χ2n) is 2.92. The molecule has 0 atom stereocenters. The maximum atomic E-state index is 11.0. The van der Waals surface area contributed by atoms with Crippen LogP contribution in [0.2, 0.25) is 0 Å². The number of nitro benzene ring substituents is 1. The Kier molecular flexibility index (Phi) is 3.82. The molecule has 0 heterocycles. The number of hydrogen-bond donors (Lipinski definition) is 0. The Labute approximate surface area is 91.9 Å². The van der Waals surface area contributed by atoms with Crippen LogP contribution >= 0.6 is 0 Å². The summed E-state index contributed by atoms with van der Waals surface area (Å²) in [5.74, 6) is -0.114. The second kappa shape index (κ2) is 5.11. The predicted octanol–water partition coefficient (Wildman–Crippen LogP) is 1.92. The number of rotatable bonds is 4. The van der Waals surface area contributed by atoms with Crippen molar-refractivity contribution in [3.63, 3.8) is 0 Å². The quantitative estimate of drug-likeness (QED) is 0.338. The van der Waals surface area contributed by atoms with Crippen molar-refractivity contribution in [1.29, 1.82) is 0 Å². The van der Waals surface area contributed by atoms with E-state index in [1.165, 1.54) is 25.3 Å². The molecule has 1 aromatic rings. The van der Waals surface area contributed by atoms with Gasteiger partial charge in [-0.05, 0) is 6.07 Å². The Bertz CT molecular complexity index is 416. The minimum atomic E-state index is -0.565. The summed E-state index contributed by atoms with van der Waals surface area (Å²) in [4.78, 5) is 21.0. The van der Waals surface area contributed by atoms with Crippen LogP contribution in [0.3, 0.4) is 0 Å². The van der Waals surface area contributed by atoms with Gasteiger partial charge in [-0.2, -0.15) is 0 Å². The molecule has 0 spiro atoms. The van der Waals surface area contributed by atoms with Gasteiger partial charge in [0, 0.05) is 18.6 Å². The minimum Gasteiger partial charge on any atom is -0.490 e. The number of carbonyl (C=O) groups excluding carboxylic acids is 1. The van der Waals surface area contributed by atoms with Crippen LogP contribution in [-0.4, -0.2) is 18.0 Å². The molecule has 6 nitrogen and oxygen atoms in total. The van der Waals surface area contributed by atoms with Gasteiger partial charge in [0.25, 0.3) is 0 Å². The van der Waals surface area contributed by atoms with Gasteiger partial charge in [-0.15, -0.1) is 0 Å². The lowest BCUT2D eigenvalue weighted by Crippen LogP contribution is -2.05. The van der Waals surface area contributed by atoms with E-state index in [-0.39, 0.29) is 23.6 Å². The highest BCUT2D eigenvalue weighted by atomic mass is 16.6. The molecule has 0 saturated carbocycles. The number of ether oxygens (including phenoxy) is 2. The van der Waals surface area contributed by atoms with Crippen LogP contribution in [0, 0.1) is 10.1 Å². The number of hydrogen-bond acceptors (Lipinski definition) is 5. The SMILES string of the molecule is CCC(=O)Oc1ccc([N+](=O)[O-])c(OC)c1. The van der Waals surface area contributed by atoms with E-state index >= 15 is 0 Å². The summed E-state index contributed by atoms with van der Waals surface area (Å²) in [6.07, 6.45) is 0.235. The predicted molar refractivity (Wildman–Crippen MR) is 55.6 cm³/mol. The highest BCUT2D eigenvalue weighted by molar-refractivity contribution is 5.72. The van der Waals surface area contributed by atoms with Gasteiger partial charge in [-0.3, -0.25) is 14.9 Å². The lowest BCUT2D eigenvalue weighted by molar-refractivity contribution is -0.385. The molecule has 0 fully saturated rings. The molecule has 0 bridgehead atoms. The van der Waals surface area contributed by atoms with Crippen molar-refractivity contribution >= 4 is 11.7 Å². The van der Waals surface area contributed by atoms with E-state index in [4.69, 9.17) is 9.47 Å². The molecular formula is C10H11NO5. The molecule has 86 valence electrons. The minimum absolute atomic E-state index is 0.0615. The van der Waals surface area contributed by atoms with E-state index in [0.717, 1.165) is 0 Å². The van der Waals surface area contributed by atoms with Gasteiger partial charge in [0.05, 0.1) is 12.0 Å². The summed E-state index contributed by atoms with van der Waals surface area (Å²) in [6, 6.07) is 3.90. The van der Waals surface area contributed by atoms with Crippen LogP contribution in [0.1, 0.15) is 13.3 Å². The van der Waals surface area contributed by atoms with E-state index in [2.05, 4.69) is 0 Å². The van der Waals surface area contributed by atoms with Gasteiger partial charge >= 0.3 is 11.7 Å². The molecule has 0 N–H and O–H groups in total. The topological polar surface area (TPSA) is 78.7 Å². The number of carbonyl (C=O) groups is 1. The van der Waals surface area contributed by atoms with E-state index in [1.54, 1.807) is 6.92 Å². The molecule has 0 unspecified atom stereocenters. The number of nitro groups is 1. The van der Waals surface area contributed by atoms with Gasteiger partial charge in [-0.25, -0.2) is 0 Å². The molecule has 16 heavy (non-hydrogen) atoms. The number of esters is 1. The van der Waals surface area contributed by atoms with Gasteiger partial charge in [0.2, 0.25) is 5.75 Å². The molecule has 0 aliphatic carbocycles. The lowest BCUT2D eigenvalue weighted by Gasteiger charge is -2.05. The third-order valence-electron chi connectivity index (χ3n) is 1.87. The van der Waals surface area contributed by atoms with Crippen molar-refractivity contribution in [2.24, 2.45) is 0 Å². The molecular weight excluding hydrogens is 214 g/mol. The zero-order valence-electron chi connectivity index (χ0n) is 8.93. The summed E-state index contributed by atoms with van der Waals surface area (Å²) < 4.78 is 9.73. The summed E-state index contributed by atoms with van der Waals surface area (Å²) >= 11 is 0. The molecule has 0 amide bonds. The van der Waals surface area contributed by atoms with Crippen LogP contribution < -0.4 is 9.47 Å². The average molecular weight is 225 g/mol. The summed E-state index contributed by atoms with van der Waals surface area (Å²) in [6.45, 7) is 1.66. The van der Waals surface area contributed by atoms with Gasteiger partial charge in [0.1, 0.15) is 5.75 Å². The van der Waals surface area contributed by atoms with Crippen molar-refractivity contribution in [3.05, 3.63) is 28.3 Å². The van der Waals surface area contributed by atoms with Gasteiger partial charge < -0.3 is 9.47 Å². The van der Waals surface area contributed by atoms with Crippen molar-refractivity contribution in [2.75, 3.05) is 7.11 Å². The zero-order chi connectivity index (χ0) is 12.1. The van der Waals surface area contributed by atoms with E-state index in [1.807, 2.05) is 0 Å². The van der Waals surface area contributed by atoms with Crippen molar-refractivity contribution in [1.82, 2.24) is 0 Å². The maximum absolute atomic E-state index is 11.0. The lowest BCUT2D eigenvalue weighted by atomic mass is 10.3. The third kappa shape index (κ3) is 2.69.